The topological polar surface area (TPSA) is 37.8 Å². The number of aromatic nitrogens is 2. The van der Waals surface area contributed by atoms with Crippen molar-refractivity contribution in [3.63, 3.8) is 0 Å². The molecule has 13 heavy (non-hydrogen) atoms. The molecule has 0 amide bonds. The van der Waals surface area contributed by atoms with E-state index in [2.05, 4.69) is 22.4 Å². The molecule has 1 fully saturated rings. The van der Waals surface area contributed by atoms with Gasteiger partial charge in [-0.05, 0) is 25.7 Å². The molecule has 1 unspecified atom stereocenters. The van der Waals surface area contributed by atoms with E-state index in [0.29, 0.717) is 11.2 Å². The molecule has 0 aliphatic heterocycles. The normalized spacial score (nSPS) is 18.3. The van der Waals surface area contributed by atoms with Crippen molar-refractivity contribution >= 4 is 17.3 Å². The molecule has 0 aromatic carbocycles. The van der Waals surface area contributed by atoms with Crippen LogP contribution < -0.4 is 5.32 Å². The molecule has 1 aliphatic rings. The Bertz CT molecular complexity index is 299. The van der Waals surface area contributed by atoms with Crippen LogP contribution in [0.25, 0.3) is 0 Å². The Morgan fingerprint density at radius 2 is 2.38 bits per heavy atom. The average molecular weight is 198 g/mol. The smallest absolute Gasteiger partial charge is 0.153 e. The molecular weight excluding hydrogens is 186 g/mol. The number of nitrogens with one attached hydrogen (secondary N) is 1. The van der Waals surface area contributed by atoms with E-state index in [1.165, 1.54) is 12.8 Å². The average Bonchev–Trinajstić information content (AvgIpc) is 2.85. The largest absolute Gasteiger partial charge is 0.381 e. The Morgan fingerprint density at radius 1 is 1.62 bits per heavy atom. The lowest BCUT2D eigenvalue weighted by Gasteiger charge is -2.13. The van der Waals surface area contributed by atoms with Gasteiger partial charge in [0.2, 0.25) is 0 Å². The highest BCUT2D eigenvalue weighted by molar-refractivity contribution is 6.29. The summed E-state index contributed by atoms with van der Waals surface area (Å²) in [7, 11) is 0. The Labute approximate surface area is 82.5 Å². The standard InChI is InChI=1S/C9H12ClN3/c1-6(7-2-3-7)12-8-4-9(10)13-11-5-8/h4-7H,2-3H2,1H3,(H,12,13). The fourth-order valence-electron chi connectivity index (χ4n) is 1.40. The van der Waals surface area contributed by atoms with E-state index in [1.54, 1.807) is 12.3 Å². The summed E-state index contributed by atoms with van der Waals surface area (Å²) < 4.78 is 0. The number of hydrogen-bond donors (Lipinski definition) is 1. The molecule has 1 aromatic rings. The van der Waals surface area contributed by atoms with Crippen molar-refractivity contribution < 1.29 is 0 Å². The molecule has 3 nitrogen and oxygen atoms in total. The molecule has 0 spiro atoms. The minimum absolute atomic E-state index is 0.438. The van der Waals surface area contributed by atoms with Crippen molar-refractivity contribution in [3.8, 4) is 0 Å². The van der Waals surface area contributed by atoms with Gasteiger partial charge in [-0.15, -0.1) is 5.10 Å². The molecule has 1 aromatic heterocycles. The zero-order valence-corrected chi connectivity index (χ0v) is 8.25. The Balaban J connectivity index is 2.00. The quantitative estimate of drug-likeness (QED) is 0.809. The van der Waals surface area contributed by atoms with Gasteiger partial charge in [0, 0.05) is 12.1 Å². The van der Waals surface area contributed by atoms with E-state index in [-0.39, 0.29) is 0 Å². The third-order valence-corrected chi connectivity index (χ3v) is 2.53. The zero-order valence-electron chi connectivity index (χ0n) is 7.50. The third kappa shape index (κ3) is 2.31. The highest BCUT2D eigenvalue weighted by atomic mass is 35.5. The van der Waals surface area contributed by atoms with Crippen LogP contribution >= 0.6 is 11.6 Å². The number of rotatable bonds is 3. The molecule has 1 N–H and O–H groups in total. The van der Waals surface area contributed by atoms with Gasteiger partial charge in [-0.3, -0.25) is 0 Å². The summed E-state index contributed by atoms with van der Waals surface area (Å²) in [4.78, 5) is 0. The maximum Gasteiger partial charge on any atom is 0.153 e. The van der Waals surface area contributed by atoms with Crippen LogP contribution in [0.15, 0.2) is 12.3 Å². The molecule has 1 heterocycles. The van der Waals surface area contributed by atoms with Gasteiger partial charge >= 0.3 is 0 Å². The van der Waals surface area contributed by atoms with Gasteiger partial charge in [0.1, 0.15) is 0 Å². The van der Waals surface area contributed by atoms with Crippen molar-refractivity contribution in [2.75, 3.05) is 5.32 Å². The van der Waals surface area contributed by atoms with Gasteiger partial charge in [-0.1, -0.05) is 11.6 Å². The van der Waals surface area contributed by atoms with Gasteiger partial charge < -0.3 is 5.32 Å². The molecule has 0 bridgehead atoms. The first-order valence-corrected chi connectivity index (χ1v) is 4.88. The molecule has 4 heteroatoms. The second-order valence-corrected chi connectivity index (χ2v) is 3.92. The molecule has 0 radical (unpaired) electrons. The van der Waals surface area contributed by atoms with Crippen molar-refractivity contribution in [1.29, 1.82) is 0 Å². The van der Waals surface area contributed by atoms with Crippen LogP contribution in [-0.2, 0) is 0 Å². The van der Waals surface area contributed by atoms with Gasteiger partial charge in [-0.25, -0.2) is 0 Å². The van der Waals surface area contributed by atoms with E-state index in [0.717, 1.165) is 11.6 Å². The van der Waals surface area contributed by atoms with Crippen LogP contribution in [0, 0.1) is 5.92 Å². The van der Waals surface area contributed by atoms with Gasteiger partial charge in [0.15, 0.2) is 5.15 Å². The summed E-state index contributed by atoms with van der Waals surface area (Å²) in [5.41, 5.74) is 0.958. The minimum Gasteiger partial charge on any atom is -0.381 e. The van der Waals surface area contributed by atoms with E-state index in [4.69, 9.17) is 11.6 Å². The Morgan fingerprint density at radius 3 is 3.00 bits per heavy atom. The Kier molecular flexibility index (Phi) is 2.36. The van der Waals surface area contributed by atoms with Crippen LogP contribution in [0.2, 0.25) is 5.15 Å². The third-order valence-electron chi connectivity index (χ3n) is 2.35. The highest BCUT2D eigenvalue weighted by Crippen LogP contribution is 2.33. The van der Waals surface area contributed by atoms with Crippen LogP contribution in [-0.4, -0.2) is 16.2 Å². The summed E-state index contributed by atoms with van der Waals surface area (Å²) in [6, 6.07) is 2.31. The van der Waals surface area contributed by atoms with Crippen molar-refractivity contribution in [2.45, 2.75) is 25.8 Å². The SMILES string of the molecule is CC(Nc1cnnc(Cl)c1)C1CC1. The highest BCUT2D eigenvalue weighted by Gasteiger charge is 2.27. The fourth-order valence-corrected chi connectivity index (χ4v) is 1.56. The molecule has 0 saturated heterocycles. The monoisotopic (exact) mass is 197 g/mol. The van der Waals surface area contributed by atoms with E-state index < -0.39 is 0 Å². The first kappa shape index (κ1) is 8.75. The predicted molar refractivity (Wildman–Crippen MR) is 52.9 cm³/mol. The maximum absolute atomic E-state index is 5.71. The van der Waals surface area contributed by atoms with Gasteiger partial charge in [0.05, 0.1) is 11.9 Å². The fraction of sp³-hybridized carbons (Fsp3) is 0.556. The number of anilines is 1. The van der Waals surface area contributed by atoms with Crippen LogP contribution in [0.4, 0.5) is 5.69 Å². The van der Waals surface area contributed by atoms with Crippen molar-refractivity contribution in [1.82, 2.24) is 10.2 Å². The molecule has 70 valence electrons. The maximum atomic E-state index is 5.71. The second kappa shape index (κ2) is 3.50. The first-order chi connectivity index (χ1) is 6.25. The number of nitrogens with zero attached hydrogens (tertiary/aromatic N) is 2. The van der Waals surface area contributed by atoms with Crippen LogP contribution in [0.5, 0.6) is 0 Å². The summed E-state index contributed by atoms with van der Waals surface area (Å²) in [5.74, 6) is 0.826. The van der Waals surface area contributed by atoms with Gasteiger partial charge in [-0.2, -0.15) is 5.10 Å². The molecule has 1 atom stereocenters. The van der Waals surface area contributed by atoms with Crippen LogP contribution in [0.3, 0.4) is 0 Å². The summed E-state index contributed by atoms with van der Waals surface area (Å²) in [6.07, 6.45) is 4.37. The lowest BCUT2D eigenvalue weighted by Crippen LogP contribution is -2.17. The summed E-state index contributed by atoms with van der Waals surface area (Å²) in [6.45, 7) is 2.19. The second-order valence-electron chi connectivity index (χ2n) is 3.54. The summed E-state index contributed by atoms with van der Waals surface area (Å²) in [5, 5.41) is 11.3. The Hall–Kier alpha value is -0.830. The molecular formula is C9H12ClN3. The number of halogens is 1. The first-order valence-electron chi connectivity index (χ1n) is 4.50. The zero-order chi connectivity index (χ0) is 9.26. The van der Waals surface area contributed by atoms with Crippen LogP contribution in [0.1, 0.15) is 19.8 Å². The van der Waals surface area contributed by atoms with E-state index >= 15 is 0 Å². The molecule has 1 saturated carbocycles. The van der Waals surface area contributed by atoms with Crippen molar-refractivity contribution in [2.24, 2.45) is 5.92 Å². The van der Waals surface area contributed by atoms with Crippen molar-refractivity contribution in [3.05, 3.63) is 17.4 Å². The summed E-state index contributed by atoms with van der Waals surface area (Å²) >= 11 is 5.71. The lowest BCUT2D eigenvalue weighted by molar-refractivity contribution is 0.693. The molecule has 1 aliphatic carbocycles. The minimum atomic E-state index is 0.438. The van der Waals surface area contributed by atoms with E-state index in [1.807, 2.05) is 0 Å². The van der Waals surface area contributed by atoms with E-state index in [9.17, 15) is 0 Å². The molecule has 2 rings (SSSR count). The van der Waals surface area contributed by atoms with Gasteiger partial charge in [0.25, 0.3) is 0 Å². The predicted octanol–water partition coefficient (Wildman–Crippen LogP) is 2.34. The number of hydrogen-bond acceptors (Lipinski definition) is 3. The lowest BCUT2D eigenvalue weighted by atomic mass is 10.2.